The Morgan fingerprint density at radius 2 is 2.04 bits per heavy atom. The Bertz CT molecular complexity index is 625. The lowest BCUT2D eigenvalue weighted by molar-refractivity contribution is -0.146. The number of aryl methyl sites for hydroxylation is 1. The molecule has 23 heavy (non-hydrogen) atoms. The molecular formula is C18H24O5. The number of ether oxygens (including phenoxy) is 2. The number of hydrogen-bond acceptors (Lipinski definition) is 5. The molecule has 0 bridgehead atoms. The van der Waals surface area contributed by atoms with E-state index in [-0.39, 0.29) is 17.8 Å². The molecule has 1 heterocycles. The molecule has 0 unspecified atom stereocenters. The first-order valence-corrected chi connectivity index (χ1v) is 7.82. The third-order valence-electron chi connectivity index (χ3n) is 4.18. The van der Waals surface area contributed by atoms with Gasteiger partial charge in [-0.1, -0.05) is 18.6 Å². The fourth-order valence-electron chi connectivity index (χ4n) is 3.06. The Morgan fingerprint density at radius 1 is 1.35 bits per heavy atom. The quantitative estimate of drug-likeness (QED) is 0.618. The Balaban J connectivity index is 2.50. The number of carbonyl (C=O) groups is 2. The molecule has 3 atom stereocenters. The van der Waals surface area contributed by atoms with Crippen LogP contribution in [0.4, 0.5) is 0 Å². The van der Waals surface area contributed by atoms with E-state index in [4.69, 9.17) is 13.9 Å². The minimum absolute atomic E-state index is 0.131. The van der Waals surface area contributed by atoms with E-state index in [1.54, 1.807) is 13.4 Å². The minimum atomic E-state index is -0.827. The van der Waals surface area contributed by atoms with Gasteiger partial charge in [-0.05, 0) is 25.8 Å². The van der Waals surface area contributed by atoms with Gasteiger partial charge in [0.2, 0.25) is 5.78 Å². The summed E-state index contributed by atoms with van der Waals surface area (Å²) >= 11 is 0. The van der Waals surface area contributed by atoms with E-state index >= 15 is 0 Å². The zero-order valence-electron chi connectivity index (χ0n) is 14.3. The highest BCUT2D eigenvalue weighted by molar-refractivity contribution is 6.02. The summed E-state index contributed by atoms with van der Waals surface area (Å²) in [5.41, 5.74) is 2.39. The molecule has 1 aromatic heterocycles. The van der Waals surface area contributed by atoms with E-state index in [0.717, 1.165) is 11.1 Å². The van der Waals surface area contributed by atoms with Gasteiger partial charge in [-0.2, -0.15) is 0 Å². The van der Waals surface area contributed by atoms with Crippen LogP contribution in [-0.2, 0) is 20.7 Å². The maximum Gasteiger partial charge on any atom is 0.303 e. The molecular weight excluding hydrogens is 296 g/mol. The highest BCUT2D eigenvalue weighted by Crippen LogP contribution is 2.28. The van der Waals surface area contributed by atoms with Crippen LogP contribution in [0.15, 0.2) is 22.3 Å². The fraction of sp³-hybridized carbons (Fsp3) is 0.556. The Hall–Kier alpha value is -1.88. The second kappa shape index (κ2) is 7.13. The molecule has 126 valence electrons. The normalized spacial score (nSPS) is 25.5. The SMILES string of the molecule is CO[C@@H]1C=C(C)Cc2occ(C)c2C(=O)[C@H](OC(C)=O)[C@@H](C)C1. The van der Waals surface area contributed by atoms with Crippen LogP contribution in [0.2, 0.25) is 0 Å². The minimum Gasteiger partial charge on any atom is -0.468 e. The summed E-state index contributed by atoms with van der Waals surface area (Å²) < 4.78 is 16.4. The van der Waals surface area contributed by atoms with Crippen molar-refractivity contribution >= 4 is 11.8 Å². The molecule has 0 amide bonds. The summed E-state index contributed by atoms with van der Waals surface area (Å²) in [6.07, 6.45) is 3.80. The zero-order chi connectivity index (χ0) is 17.1. The van der Waals surface area contributed by atoms with Crippen LogP contribution >= 0.6 is 0 Å². The molecule has 2 rings (SSSR count). The van der Waals surface area contributed by atoms with Gasteiger partial charge in [0.1, 0.15) is 5.76 Å². The predicted octanol–water partition coefficient (Wildman–Crippen LogP) is 3.25. The van der Waals surface area contributed by atoms with Crippen LogP contribution in [0, 0.1) is 12.8 Å². The number of ketones is 1. The summed E-state index contributed by atoms with van der Waals surface area (Å²) in [6, 6.07) is 0. The van der Waals surface area contributed by atoms with E-state index in [1.165, 1.54) is 6.92 Å². The van der Waals surface area contributed by atoms with Crippen LogP contribution in [0.5, 0.6) is 0 Å². The van der Waals surface area contributed by atoms with Gasteiger partial charge in [0.05, 0.1) is 17.9 Å². The smallest absolute Gasteiger partial charge is 0.303 e. The maximum atomic E-state index is 13.0. The van der Waals surface area contributed by atoms with E-state index in [1.807, 2.05) is 26.8 Å². The topological polar surface area (TPSA) is 65.7 Å². The second-order valence-corrected chi connectivity index (χ2v) is 6.29. The third-order valence-corrected chi connectivity index (χ3v) is 4.18. The van der Waals surface area contributed by atoms with Crippen LogP contribution in [0.3, 0.4) is 0 Å². The average Bonchev–Trinajstić information content (AvgIpc) is 2.82. The molecule has 0 radical (unpaired) electrons. The highest BCUT2D eigenvalue weighted by Gasteiger charge is 2.34. The van der Waals surface area contributed by atoms with Gasteiger partial charge >= 0.3 is 5.97 Å². The van der Waals surface area contributed by atoms with Gasteiger partial charge < -0.3 is 13.9 Å². The summed E-state index contributed by atoms with van der Waals surface area (Å²) in [5.74, 6) is -0.211. The molecule has 0 saturated carbocycles. The standard InChI is InChI=1S/C18H24O5/c1-10-6-14(21-5)8-11(2)18(23-13(4)19)17(20)16-12(3)9-22-15(16)7-10/h6,9,11,14,18H,7-8H2,1-5H3/t11-,14+,18+/m0/s1. The molecule has 0 aliphatic heterocycles. The molecule has 0 spiro atoms. The number of furan rings is 1. The Labute approximate surface area is 136 Å². The number of carbonyl (C=O) groups excluding carboxylic acids is 2. The van der Waals surface area contributed by atoms with Crippen LogP contribution in [0.25, 0.3) is 0 Å². The molecule has 1 aromatic rings. The van der Waals surface area contributed by atoms with Crippen molar-refractivity contribution in [3.8, 4) is 0 Å². The molecule has 0 aromatic carbocycles. The van der Waals surface area contributed by atoms with Gasteiger partial charge in [0, 0.05) is 26.4 Å². The number of esters is 1. The second-order valence-electron chi connectivity index (χ2n) is 6.29. The summed E-state index contributed by atoms with van der Waals surface area (Å²) in [6.45, 7) is 7.05. The lowest BCUT2D eigenvalue weighted by Gasteiger charge is -2.26. The van der Waals surface area contributed by atoms with E-state index in [9.17, 15) is 9.59 Å². The average molecular weight is 320 g/mol. The Morgan fingerprint density at radius 3 is 2.65 bits per heavy atom. The van der Waals surface area contributed by atoms with E-state index in [0.29, 0.717) is 24.2 Å². The molecule has 0 N–H and O–H groups in total. The van der Waals surface area contributed by atoms with Crippen molar-refractivity contribution in [1.82, 2.24) is 0 Å². The van der Waals surface area contributed by atoms with Crippen LogP contribution in [-0.4, -0.2) is 31.1 Å². The number of fused-ring (bicyclic) bond motifs is 1. The van der Waals surface area contributed by atoms with E-state index in [2.05, 4.69) is 0 Å². The number of hydrogen-bond donors (Lipinski definition) is 0. The lowest BCUT2D eigenvalue weighted by Crippen LogP contribution is -2.35. The maximum absolute atomic E-state index is 13.0. The highest BCUT2D eigenvalue weighted by atomic mass is 16.5. The van der Waals surface area contributed by atoms with Gasteiger partial charge in [-0.3, -0.25) is 9.59 Å². The molecule has 1 aliphatic rings. The summed E-state index contributed by atoms with van der Waals surface area (Å²) in [7, 11) is 1.64. The largest absolute Gasteiger partial charge is 0.468 e. The molecule has 5 nitrogen and oxygen atoms in total. The number of Topliss-reactive ketones (excluding diaryl/α,β-unsaturated/α-hetero) is 1. The molecule has 0 saturated heterocycles. The van der Waals surface area contributed by atoms with E-state index < -0.39 is 12.1 Å². The van der Waals surface area contributed by atoms with Gasteiger partial charge in [-0.25, -0.2) is 0 Å². The van der Waals surface area contributed by atoms with Crippen molar-refractivity contribution < 1.29 is 23.5 Å². The summed E-state index contributed by atoms with van der Waals surface area (Å²) in [4.78, 5) is 24.4. The zero-order valence-corrected chi connectivity index (χ0v) is 14.3. The van der Waals surface area contributed by atoms with Gasteiger partial charge in [-0.15, -0.1) is 0 Å². The van der Waals surface area contributed by atoms with Crippen LogP contribution in [0.1, 0.15) is 48.9 Å². The third kappa shape index (κ3) is 3.91. The van der Waals surface area contributed by atoms with Crippen molar-refractivity contribution in [2.75, 3.05) is 7.11 Å². The fourth-order valence-corrected chi connectivity index (χ4v) is 3.06. The molecule has 1 aliphatic carbocycles. The van der Waals surface area contributed by atoms with Crippen molar-refractivity contribution in [3.05, 3.63) is 34.8 Å². The number of rotatable bonds is 2. The predicted molar refractivity (Wildman–Crippen MR) is 85.4 cm³/mol. The summed E-state index contributed by atoms with van der Waals surface area (Å²) in [5, 5.41) is 0. The van der Waals surface area contributed by atoms with Gasteiger partial charge in [0.15, 0.2) is 6.10 Å². The first kappa shape index (κ1) is 17.5. The van der Waals surface area contributed by atoms with Crippen molar-refractivity contribution in [2.24, 2.45) is 5.92 Å². The monoisotopic (exact) mass is 320 g/mol. The first-order chi connectivity index (χ1) is 10.8. The molecule has 0 fully saturated rings. The lowest BCUT2D eigenvalue weighted by atomic mass is 9.87. The van der Waals surface area contributed by atoms with Crippen molar-refractivity contribution in [1.29, 1.82) is 0 Å². The number of methoxy groups -OCH3 is 1. The van der Waals surface area contributed by atoms with Gasteiger partial charge in [0.25, 0.3) is 0 Å². The van der Waals surface area contributed by atoms with Crippen molar-refractivity contribution in [2.45, 2.75) is 52.7 Å². The Kier molecular flexibility index (Phi) is 5.42. The van der Waals surface area contributed by atoms with Crippen LogP contribution < -0.4 is 0 Å². The molecule has 5 heteroatoms. The van der Waals surface area contributed by atoms with Crippen molar-refractivity contribution in [3.63, 3.8) is 0 Å². The first-order valence-electron chi connectivity index (χ1n) is 7.82. The number of allylic oxidation sites excluding steroid dienone is 1.